The fourth-order valence-electron chi connectivity index (χ4n) is 2.44. The molecular weight excluding hydrogens is 366 g/mol. The van der Waals surface area contributed by atoms with Gasteiger partial charge in [0.15, 0.2) is 0 Å². The van der Waals surface area contributed by atoms with E-state index in [2.05, 4.69) is 5.32 Å². The third-order valence-electron chi connectivity index (χ3n) is 3.87. The molecule has 1 aliphatic heterocycles. The number of ether oxygens (including phenoxy) is 1. The van der Waals surface area contributed by atoms with Gasteiger partial charge in [0.25, 0.3) is 0 Å². The average molecular weight is 392 g/mol. The molecule has 2 rings (SSSR count). The van der Waals surface area contributed by atoms with E-state index in [1.165, 1.54) is 4.31 Å². The predicted molar refractivity (Wildman–Crippen MR) is 98.3 cm³/mol. The molecule has 0 saturated carbocycles. The van der Waals surface area contributed by atoms with E-state index in [9.17, 15) is 13.2 Å². The first kappa shape index (κ1) is 21.9. The Morgan fingerprint density at radius 3 is 2.44 bits per heavy atom. The van der Waals surface area contributed by atoms with Gasteiger partial charge in [-0.15, -0.1) is 12.4 Å². The zero-order chi connectivity index (χ0) is 17.4. The van der Waals surface area contributed by atoms with Gasteiger partial charge >= 0.3 is 0 Å². The third kappa shape index (κ3) is 6.56. The minimum Gasteiger partial charge on any atom is -0.379 e. The number of hydrogen-bond donors (Lipinski definition) is 2. The van der Waals surface area contributed by atoms with Gasteiger partial charge in [-0.25, -0.2) is 8.42 Å². The SMILES string of the molecule is Cl.NCCCNC(=O)CCc1ccc(S(=O)(=O)N2CCOCC2)cc1. The number of rotatable bonds is 8. The minimum atomic E-state index is -3.46. The molecule has 1 saturated heterocycles. The molecule has 142 valence electrons. The zero-order valence-electron chi connectivity index (χ0n) is 14.1. The zero-order valence-corrected chi connectivity index (χ0v) is 15.8. The minimum absolute atomic E-state index is 0. The molecule has 0 aliphatic carbocycles. The molecule has 0 unspecified atom stereocenters. The molecule has 0 atom stereocenters. The van der Waals surface area contributed by atoms with E-state index in [1.54, 1.807) is 24.3 Å². The molecule has 1 aliphatic rings. The van der Waals surface area contributed by atoms with Crippen molar-refractivity contribution in [2.45, 2.75) is 24.2 Å². The Labute approximate surface area is 155 Å². The molecule has 1 heterocycles. The maximum Gasteiger partial charge on any atom is 0.243 e. The Bertz CT molecular complexity index is 631. The molecule has 0 bridgehead atoms. The Morgan fingerprint density at radius 2 is 1.84 bits per heavy atom. The lowest BCUT2D eigenvalue weighted by Crippen LogP contribution is -2.40. The highest BCUT2D eigenvalue weighted by Crippen LogP contribution is 2.18. The number of morpholine rings is 1. The van der Waals surface area contributed by atoms with Gasteiger partial charge < -0.3 is 15.8 Å². The number of amides is 1. The monoisotopic (exact) mass is 391 g/mol. The van der Waals surface area contributed by atoms with Crippen molar-refractivity contribution in [1.29, 1.82) is 0 Å². The summed E-state index contributed by atoms with van der Waals surface area (Å²) in [5, 5.41) is 2.80. The lowest BCUT2D eigenvalue weighted by molar-refractivity contribution is -0.121. The van der Waals surface area contributed by atoms with Crippen LogP contribution in [0.3, 0.4) is 0 Å². The summed E-state index contributed by atoms with van der Waals surface area (Å²) in [5.74, 6) is -0.0199. The highest BCUT2D eigenvalue weighted by molar-refractivity contribution is 7.89. The van der Waals surface area contributed by atoms with E-state index < -0.39 is 10.0 Å². The molecule has 25 heavy (non-hydrogen) atoms. The molecular formula is C16H26ClN3O4S. The highest BCUT2D eigenvalue weighted by atomic mass is 35.5. The van der Waals surface area contributed by atoms with Crippen molar-refractivity contribution in [1.82, 2.24) is 9.62 Å². The molecule has 3 N–H and O–H groups in total. The van der Waals surface area contributed by atoms with Gasteiger partial charge in [0.1, 0.15) is 0 Å². The van der Waals surface area contributed by atoms with E-state index in [0.717, 1.165) is 12.0 Å². The summed E-state index contributed by atoms with van der Waals surface area (Å²) in [6.07, 6.45) is 1.71. The van der Waals surface area contributed by atoms with Crippen molar-refractivity contribution in [3.63, 3.8) is 0 Å². The van der Waals surface area contributed by atoms with Gasteiger partial charge in [0, 0.05) is 26.1 Å². The van der Waals surface area contributed by atoms with Crippen LogP contribution in [0.1, 0.15) is 18.4 Å². The summed E-state index contributed by atoms with van der Waals surface area (Å²) < 4.78 is 31.6. The number of carbonyl (C=O) groups is 1. The van der Waals surface area contributed by atoms with Crippen LogP contribution in [0.4, 0.5) is 0 Å². The van der Waals surface area contributed by atoms with Crippen molar-refractivity contribution < 1.29 is 17.9 Å². The van der Waals surface area contributed by atoms with Crippen molar-refractivity contribution in [3.05, 3.63) is 29.8 Å². The molecule has 1 fully saturated rings. The number of nitrogens with one attached hydrogen (secondary N) is 1. The molecule has 0 aromatic heterocycles. The van der Waals surface area contributed by atoms with E-state index in [0.29, 0.717) is 52.2 Å². The van der Waals surface area contributed by atoms with Crippen LogP contribution in [0.2, 0.25) is 0 Å². The van der Waals surface area contributed by atoms with Gasteiger partial charge in [-0.1, -0.05) is 12.1 Å². The van der Waals surface area contributed by atoms with Crippen LogP contribution in [0, 0.1) is 0 Å². The van der Waals surface area contributed by atoms with Gasteiger partial charge in [-0.05, 0) is 37.1 Å². The number of nitrogens with zero attached hydrogens (tertiary/aromatic N) is 1. The Balaban J connectivity index is 0.00000312. The van der Waals surface area contributed by atoms with E-state index in [1.807, 2.05) is 0 Å². The Morgan fingerprint density at radius 1 is 1.20 bits per heavy atom. The normalized spacial score (nSPS) is 15.4. The van der Waals surface area contributed by atoms with Crippen LogP contribution in [0.25, 0.3) is 0 Å². The third-order valence-corrected chi connectivity index (χ3v) is 5.79. The number of aryl methyl sites for hydroxylation is 1. The second-order valence-corrected chi connectivity index (χ2v) is 7.59. The first-order chi connectivity index (χ1) is 11.5. The van der Waals surface area contributed by atoms with Crippen LogP contribution >= 0.6 is 12.4 Å². The second kappa shape index (κ2) is 10.7. The summed E-state index contributed by atoms with van der Waals surface area (Å²) in [7, 11) is -3.46. The fourth-order valence-corrected chi connectivity index (χ4v) is 3.85. The number of hydrogen-bond acceptors (Lipinski definition) is 5. The number of benzene rings is 1. The van der Waals surface area contributed by atoms with E-state index in [-0.39, 0.29) is 23.2 Å². The molecule has 9 heteroatoms. The summed E-state index contributed by atoms with van der Waals surface area (Å²) in [6.45, 7) is 2.76. The first-order valence-corrected chi connectivity index (χ1v) is 9.61. The largest absolute Gasteiger partial charge is 0.379 e. The van der Waals surface area contributed by atoms with Crippen LogP contribution in [-0.4, -0.2) is 58.0 Å². The van der Waals surface area contributed by atoms with Crippen LogP contribution in [0.15, 0.2) is 29.2 Å². The Kier molecular flexibility index (Phi) is 9.37. The summed E-state index contributed by atoms with van der Waals surface area (Å²) in [5.41, 5.74) is 6.31. The number of halogens is 1. The molecule has 0 radical (unpaired) electrons. The first-order valence-electron chi connectivity index (χ1n) is 8.17. The quantitative estimate of drug-likeness (QED) is 0.629. The topological polar surface area (TPSA) is 102 Å². The lowest BCUT2D eigenvalue weighted by atomic mass is 10.1. The summed E-state index contributed by atoms with van der Waals surface area (Å²) in [6, 6.07) is 6.74. The molecule has 1 aromatic carbocycles. The number of sulfonamides is 1. The highest BCUT2D eigenvalue weighted by Gasteiger charge is 2.25. The number of carbonyl (C=O) groups excluding carboxylic acids is 1. The van der Waals surface area contributed by atoms with Crippen LogP contribution in [-0.2, 0) is 26.0 Å². The Hall–Kier alpha value is -1.19. The van der Waals surface area contributed by atoms with E-state index >= 15 is 0 Å². The lowest BCUT2D eigenvalue weighted by Gasteiger charge is -2.26. The van der Waals surface area contributed by atoms with Gasteiger partial charge in [0.05, 0.1) is 18.1 Å². The second-order valence-electron chi connectivity index (χ2n) is 5.65. The standard InChI is InChI=1S/C16H25N3O4S.ClH/c17-8-1-9-18-16(20)7-4-14-2-5-15(6-3-14)24(21,22)19-10-12-23-13-11-19;/h2-3,5-6H,1,4,7-13,17H2,(H,18,20);1H. The van der Waals surface area contributed by atoms with Gasteiger partial charge in [0.2, 0.25) is 15.9 Å². The van der Waals surface area contributed by atoms with Crippen molar-refractivity contribution in [2.24, 2.45) is 5.73 Å². The van der Waals surface area contributed by atoms with E-state index in [4.69, 9.17) is 10.5 Å². The maximum absolute atomic E-state index is 12.5. The fraction of sp³-hybridized carbons (Fsp3) is 0.562. The van der Waals surface area contributed by atoms with Crippen molar-refractivity contribution >= 4 is 28.3 Å². The molecule has 1 amide bonds. The molecule has 0 spiro atoms. The van der Waals surface area contributed by atoms with Crippen LogP contribution < -0.4 is 11.1 Å². The average Bonchev–Trinajstić information content (AvgIpc) is 2.61. The van der Waals surface area contributed by atoms with Gasteiger partial charge in [-0.2, -0.15) is 4.31 Å². The summed E-state index contributed by atoms with van der Waals surface area (Å²) >= 11 is 0. The molecule has 7 nitrogen and oxygen atoms in total. The summed E-state index contributed by atoms with van der Waals surface area (Å²) in [4.78, 5) is 11.9. The van der Waals surface area contributed by atoms with Crippen molar-refractivity contribution in [3.8, 4) is 0 Å². The van der Waals surface area contributed by atoms with Crippen LogP contribution in [0.5, 0.6) is 0 Å². The predicted octanol–water partition coefficient (Wildman–Crippen LogP) is 0.527. The van der Waals surface area contributed by atoms with Gasteiger partial charge in [-0.3, -0.25) is 4.79 Å². The van der Waals surface area contributed by atoms with Crippen molar-refractivity contribution in [2.75, 3.05) is 39.4 Å². The number of nitrogens with two attached hydrogens (primary N) is 1. The maximum atomic E-state index is 12.5. The smallest absolute Gasteiger partial charge is 0.243 e. The molecule has 1 aromatic rings.